The predicted octanol–water partition coefficient (Wildman–Crippen LogP) is 5.52. The summed E-state index contributed by atoms with van der Waals surface area (Å²) in [4.78, 5) is 29.2. The molecule has 1 unspecified atom stereocenters. The van der Waals surface area contributed by atoms with E-state index in [9.17, 15) is 9.59 Å². The standard InChI is InChI=1S/C27H25N3O4S/c1-19(34-26(32)24-18-35-27(30-24)28-16-20-8-4-2-5-9-20)25(31)29-22-12-14-23(15-13-22)33-17-21-10-6-3-7-11-21/h2-15,18-19H,16-17H2,1H3,(H,28,30)(H,29,31). The molecular formula is C27H25N3O4S. The van der Waals surface area contributed by atoms with Gasteiger partial charge in [0, 0.05) is 17.6 Å². The van der Waals surface area contributed by atoms with Crippen molar-refractivity contribution in [1.29, 1.82) is 0 Å². The van der Waals surface area contributed by atoms with Crippen LogP contribution in [0.3, 0.4) is 0 Å². The van der Waals surface area contributed by atoms with E-state index in [0.717, 1.165) is 11.1 Å². The van der Waals surface area contributed by atoms with Crippen molar-refractivity contribution in [1.82, 2.24) is 4.98 Å². The van der Waals surface area contributed by atoms with E-state index in [-0.39, 0.29) is 5.69 Å². The molecule has 1 aromatic heterocycles. The van der Waals surface area contributed by atoms with E-state index in [1.54, 1.807) is 29.6 Å². The largest absolute Gasteiger partial charge is 0.489 e. The molecule has 1 atom stereocenters. The van der Waals surface area contributed by atoms with Crippen LogP contribution < -0.4 is 15.4 Å². The molecule has 1 amide bonds. The quantitative estimate of drug-likeness (QED) is 0.286. The first-order chi connectivity index (χ1) is 17.1. The van der Waals surface area contributed by atoms with Gasteiger partial charge in [-0.3, -0.25) is 4.79 Å². The molecule has 8 heteroatoms. The van der Waals surface area contributed by atoms with Crippen LogP contribution in [0.25, 0.3) is 0 Å². The maximum atomic E-state index is 12.5. The summed E-state index contributed by atoms with van der Waals surface area (Å²) in [6.45, 7) is 2.57. The molecule has 0 aliphatic carbocycles. The van der Waals surface area contributed by atoms with Crippen LogP contribution in [0.15, 0.2) is 90.3 Å². The molecule has 0 aliphatic heterocycles. The highest BCUT2D eigenvalue weighted by atomic mass is 32.1. The summed E-state index contributed by atoms with van der Waals surface area (Å²) in [7, 11) is 0. The number of esters is 1. The molecule has 0 bridgehead atoms. The molecule has 7 nitrogen and oxygen atoms in total. The van der Waals surface area contributed by atoms with Gasteiger partial charge in [-0.15, -0.1) is 11.3 Å². The van der Waals surface area contributed by atoms with Gasteiger partial charge in [-0.1, -0.05) is 60.7 Å². The van der Waals surface area contributed by atoms with E-state index < -0.39 is 18.0 Å². The average Bonchev–Trinajstić information content (AvgIpc) is 3.37. The lowest BCUT2D eigenvalue weighted by Gasteiger charge is -2.13. The zero-order chi connectivity index (χ0) is 24.5. The second-order valence-electron chi connectivity index (χ2n) is 7.71. The van der Waals surface area contributed by atoms with Gasteiger partial charge in [-0.25, -0.2) is 9.78 Å². The predicted molar refractivity (Wildman–Crippen MR) is 137 cm³/mol. The van der Waals surface area contributed by atoms with Crippen LogP contribution >= 0.6 is 11.3 Å². The van der Waals surface area contributed by atoms with Crippen molar-refractivity contribution in [3.05, 3.63) is 107 Å². The van der Waals surface area contributed by atoms with Gasteiger partial charge in [0.15, 0.2) is 16.9 Å². The maximum absolute atomic E-state index is 12.5. The maximum Gasteiger partial charge on any atom is 0.358 e. The normalized spacial score (nSPS) is 11.3. The number of thiazole rings is 1. The average molecular weight is 488 g/mol. The SMILES string of the molecule is CC(OC(=O)c1csc(NCc2ccccc2)n1)C(=O)Nc1ccc(OCc2ccccc2)cc1. The second-order valence-corrected chi connectivity index (χ2v) is 8.57. The fraction of sp³-hybridized carbons (Fsp3) is 0.148. The number of ether oxygens (including phenoxy) is 2. The van der Waals surface area contributed by atoms with Gasteiger partial charge >= 0.3 is 5.97 Å². The minimum atomic E-state index is -0.987. The van der Waals surface area contributed by atoms with Crippen LogP contribution in [0.5, 0.6) is 5.75 Å². The number of nitrogens with zero attached hydrogens (tertiary/aromatic N) is 1. The van der Waals surface area contributed by atoms with Gasteiger partial charge in [-0.05, 0) is 42.3 Å². The van der Waals surface area contributed by atoms with Gasteiger partial charge in [0.1, 0.15) is 12.4 Å². The lowest BCUT2D eigenvalue weighted by molar-refractivity contribution is -0.123. The number of nitrogens with one attached hydrogen (secondary N) is 2. The minimum Gasteiger partial charge on any atom is -0.489 e. The Labute approximate surface area is 207 Å². The van der Waals surface area contributed by atoms with Crippen molar-refractivity contribution in [2.75, 3.05) is 10.6 Å². The molecule has 4 rings (SSSR count). The Hall–Kier alpha value is -4.17. The van der Waals surface area contributed by atoms with Gasteiger partial charge in [0.05, 0.1) is 0 Å². The number of rotatable bonds is 10. The smallest absolute Gasteiger partial charge is 0.358 e. The number of carbonyl (C=O) groups is 2. The minimum absolute atomic E-state index is 0.158. The third kappa shape index (κ3) is 7.15. The second kappa shape index (κ2) is 11.8. The Morgan fingerprint density at radius 2 is 1.57 bits per heavy atom. The van der Waals surface area contributed by atoms with E-state index >= 15 is 0 Å². The number of amides is 1. The summed E-state index contributed by atoms with van der Waals surface area (Å²) in [5.41, 5.74) is 2.91. The Bertz CT molecular complexity index is 1240. The van der Waals surface area contributed by atoms with Gasteiger partial charge in [-0.2, -0.15) is 0 Å². The third-order valence-electron chi connectivity index (χ3n) is 5.02. The summed E-state index contributed by atoms with van der Waals surface area (Å²) >= 11 is 1.30. The van der Waals surface area contributed by atoms with Crippen LogP contribution in [-0.2, 0) is 22.7 Å². The fourth-order valence-electron chi connectivity index (χ4n) is 3.12. The summed E-state index contributed by atoms with van der Waals surface area (Å²) in [5.74, 6) is -0.401. The summed E-state index contributed by atoms with van der Waals surface area (Å²) in [6.07, 6.45) is -0.987. The van der Waals surface area contributed by atoms with Gasteiger partial charge in [0.25, 0.3) is 5.91 Å². The summed E-state index contributed by atoms with van der Waals surface area (Å²) in [6, 6.07) is 26.7. The third-order valence-corrected chi connectivity index (χ3v) is 5.82. The van der Waals surface area contributed by atoms with Crippen LogP contribution in [0.4, 0.5) is 10.8 Å². The number of anilines is 2. The Kier molecular flexibility index (Phi) is 8.08. The van der Waals surface area contributed by atoms with Crippen LogP contribution in [0, 0.1) is 0 Å². The molecule has 0 saturated heterocycles. The highest BCUT2D eigenvalue weighted by Crippen LogP contribution is 2.19. The number of carbonyl (C=O) groups excluding carboxylic acids is 2. The molecular weight excluding hydrogens is 462 g/mol. The first-order valence-electron chi connectivity index (χ1n) is 11.1. The van der Waals surface area contributed by atoms with Gasteiger partial charge < -0.3 is 20.1 Å². The molecule has 35 heavy (non-hydrogen) atoms. The fourth-order valence-corrected chi connectivity index (χ4v) is 3.79. The van der Waals surface area contributed by atoms with E-state index in [4.69, 9.17) is 9.47 Å². The molecule has 178 valence electrons. The van der Waals surface area contributed by atoms with E-state index in [2.05, 4.69) is 15.6 Å². The Morgan fingerprint density at radius 1 is 0.914 bits per heavy atom. The van der Waals surface area contributed by atoms with E-state index in [1.165, 1.54) is 18.3 Å². The van der Waals surface area contributed by atoms with Crippen molar-refractivity contribution in [2.45, 2.75) is 26.2 Å². The highest BCUT2D eigenvalue weighted by molar-refractivity contribution is 7.13. The van der Waals surface area contributed by atoms with Crippen molar-refractivity contribution in [2.24, 2.45) is 0 Å². The molecule has 0 fully saturated rings. The first-order valence-corrected chi connectivity index (χ1v) is 12.0. The first kappa shape index (κ1) is 24.0. The molecule has 0 saturated carbocycles. The molecule has 0 aliphatic rings. The number of hydrogen-bond donors (Lipinski definition) is 2. The number of hydrogen-bond acceptors (Lipinski definition) is 7. The van der Waals surface area contributed by atoms with E-state index in [1.807, 2.05) is 60.7 Å². The zero-order valence-corrected chi connectivity index (χ0v) is 20.0. The Morgan fingerprint density at radius 3 is 2.26 bits per heavy atom. The lowest BCUT2D eigenvalue weighted by Crippen LogP contribution is -2.30. The monoisotopic (exact) mass is 487 g/mol. The molecule has 2 N–H and O–H groups in total. The Balaban J connectivity index is 1.23. The molecule has 0 radical (unpaired) electrons. The van der Waals surface area contributed by atoms with Crippen LogP contribution in [0.1, 0.15) is 28.5 Å². The van der Waals surface area contributed by atoms with Crippen molar-refractivity contribution >= 4 is 34.0 Å². The molecule has 4 aromatic rings. The summed E-state index contributed by atoms with van der Waals surface area (Å²) in [5, 5.41) is 8.13. The topological polar surface area (TPSA) is 89.5 Å². The molecule has 1 heterocycles. The number of aromatic nitrogens is 1. The zero-order valence-electron chi connectivity index (χ0n) is 19.1. The van der Waals surface area contributed by atoms with Crippen molar-refractivity contribution in [3.8, 4) is 5.75 Å². The van der Waals surface area contributed by atoms with Crippen molar-refractivity contribution in [3.63, 3.8) is 0 Å². The highest BCUT2D eigenvalue weighted by Gasteiger charge is 2.21. The molecule has 0 spiro atoms. The number of benzene rings is 3. The van der Waals surface area contributed by atoms with Crippen molar-refractivity contribution < 1.29 is 19.1 Å². The summed E-state index contributed by atoms with van der Waals surface area (Å²) < 4.78 is 11.1. The van der Waals surface area contributed by atoms with Crippen LogP contribution in [-0.4, -0.2) is 23.0 Å². The molecule has 3 aromatic carbocycles. The lowest BCUT2D eigenvalue weighted by atomic mass is 10.2. The van der Waals surface area contributed by atoms with E-state index in [0.29, 0.717) is 29.7 Å². The van der Waals surface area contributed by atoms with Crippen LogP contribution in [0.2, 0.25) is 0 Å². The van der Waals surface area contributed by atoms with Gasteiger partial charge in [0.2, 0.25) is 0 Å².